The van der Waals surface area contributed by atoms with Gasteiger partial charge in [-0.05, 0) is 43.0 Å². The highest BCUT2D eigenvalue weighted by atomic mass is 16.7. The van der Waals surface area contributed by atoms with Crippen LogP contribution in [0.3, 0.4) is 0 Å². The molecular weight excluding hydrogens is 412 g/mol. The summed E-state index contributed by atoms with van der Waals surface area (Å²) >= 11 is 0. The predicted octanol–water partition coefficient (Wildman–Crippen LogP) is 2.06. The number of epoxide rings is 1. The number of benzene rings is 1. The van der Waals surface area contributed by atoms with Crippen molar-refractivity contribution in [2.75, 3.05) is 19.5 Å². The quantitative estimate of drug-likeness (QED) is 0.292. The number of nitrogens with zero attached hydrogens (tertiary/aromatic N) is 1. The molecule has 0 amide bonds. The number of nitrogen functional groups attached to an aromatic ring is 1. The molecule has 1 aromatic heterocycles. The predicted molar refractivity (Wildman–Crippen MR) is 115 cm³/mol. The van der Waals surface area contributed by atoms with Crippen LogP contribution in [0.2, 0.25) is 0 Å². The molecule has 8 nitrogen and oxygen atoms in total. The second-order valence-electron chi connectivity index (χ2n) is 8.11. The van der Waals surface area contributed by atoms with Gasteiger partial charge in [-0.25, -0.2) is 9.78 Å². The Kier molecular flexibility index (Phi) is 5.44. The van der Waals surface area contributed by atoms with Crippen LogP contribution >= 0.6 is 0 Å². The molecule has 2 aliphatic rings. The number of pyridine rings is 1. The van der Waals surface area contributed by atoms with E-state index >= 15 is 0 Å². The van der Waals surface area contributed by atoms with Crippen molar-refractivity contribution in [2.45, 2.75) is 37.4 Å². The maximum absolute atomic E-state index is 13.4. The molecule has 1 aliphatic heterocycles. The number of esters is 1. The number of aliphatic hydroxyl groups excluding tert-OH is 1. The Labute approximate surface area is 185 Å². The number of ether oxygens (including phenoxy) is 2. The first-order valence-electron chi connectivity index (χ1n) is 10.3. The van der Waals surface area contributed by atoms with Gasteiger partial charge in [-0.15, -0.1) is 0 Å². The van der Waals surface area contributed by atoms with Gasteiger partial charge in [0.05, 0.1) is 13.7 Å². The summed E-state index contributed by atoms with van der Waals surface area (Å²) in [6.45, 7) is 1.51. The van der Waals surface area contributed by atoms with Crippen molar-refractivity contribution in [1.82, 2.24) is 4.98 Å². The first-order valence-corrected chi connectivity index (χ1v) is 10.3. The number of rotatable bonds is 7. The molecule has 1 aromatic carbocycles. The second kappa shape index (κ2) is 7.96. The number of aliphatic hydroxyl groups is 1. The van der Waals surface area contributed by atoms with Crippen LogP contribution in [0, 0.1) is 0 Å². The highest BCUT2D eigenvalue weighted by Crippen LogP contribution is 2.59. The number of nitrogens with two attached hydrogens (primary N) is 1. The summed E-state index contributed by atoms with van der Waals surface area (Å²) in [5, 5.41) is 10.1. The van der Waals surface area contributed by atoms with E-state index in [1.807, 2.05) is 13.0 Å². The standard InChI is InChI=1S/C24H24N2O6/c1-14(7-8-15-9-10-26-19(25)11-15)16(13-27)12-23-20(28)17-5-3-4-6-18(17)21(29)24(23,32-23)22(30)31-2/h3-6,9-11,27H,7-8,12-13H2,1-2H3,(H2,25,26)/b16-14-/t23-,24-/m0/s1. The number of carbonyl (C=O) groups is 3. The lowest BCUT2D eigenvalue weighted by atomic mass is 9.71. The fourth-order valence-corrected chi connectivity index (χ4v) is 4.44. The highest BCUT2D eigenvalue weighted by Gasteiger charge is 2.85. The summed E-state index contributed by atoms with van der Waals surface area (Å²) < 4.78 is 10.6. The zero-order chi connectivity index (χ0) is 23.1. The van der Waals surface area contributed by atoms with Crippen molar-refractivity contribution >= 4 is 23.4 Å². The highest BCUT2D eigenvalue weighted by molar-refractivity contribution is 6.32. The number of carbonyl (C=O) groups excluding carboxylic acids is 3. The van der Waals surface area contributed by atoms with Crippen molar-refractivity contribution in [2.24, 2.45) is 0 Å². The van der Waals surface area contributed by atoms with Gasteiger partial charge in [0, 0.05) is 23.7 Å². The lowest BCUT2D eigenvalue weighted by Gasteiger charge is -2.24. The molecule has 0 bridgehead atoms. The Hall–Kier alpha value is -3.36. The van der Waals surface area contributed by atoms with Gasteiger partial charge in [0.15, 0.2) is 11.4 Å². The number of fused-ring (bicyclic) bond motifs is 2. The van der Waals surface area contributed by atoms with E-state index in [0.717, 1.165) is 18.2 Å². The third kappa shape index (κ3) is 3.14. The van der Waals surface area contributed by atoms with Gasteiger partial charge in [0.1, 0.15) is 5.82 Å². The molecule has 8 heteroatoms. The average Bonchev–Trinajstić information content (AvgIpc) is 3.50. The smallest absolute Gasteiger partial charge is 0.350 e. The molecule has 2 heterocycles. The number of hydrogen-bond donors (Lipinski definition) is 2. The van der Waals surface area contributed by atoms with E-state index in [2.05, 4.69) is 4.98 Å². The van der Waals surface area contributed by atoms with Crippen molar-refractivity contribution in [1.29, 1.82) is 0 Å². The molecule has 166 valence electrons. The number of ketones is 2. The van der Waals surface area contributed by atoms with Crippen LogP contribution in [0.5, 0.6) is 0 Å². The first kappa shape index (κ1) is 21.9. The van der Waals surface area contributed by atoms with Gasteiger partial charge in [0.25, 0.3) is 5.60 Å². The minimum absolute atomic E-state index is 0.0815. The summed E-state index contributed by atoms with van der Waals surface area (Å²) in [5.74, 6) is -1.54. The molecular formula is C24H24N2O6. The lowest BCUT2D eigenvalue weighted by Crippen LogP contribution is -2.50. The van der Waals surface area contributed by atoms with Gasteiger partial charge >= 0.3 is 5.97 Å². The molecule has 0 spiro atoms. The van der Waals surface area contributed by atoms with Crippen molar-refractivity contribution in [3.63, 3.8) is 0 Å². The normalized spacial score (nSPS) is 24.3. The number of anilines is 1. The fourth-order valence-electron chi connectivity index (χ4n) is 4.44. The summed E-state index contributed by atoms with van der Waals surface area (Å²) in [5.41, 5.74) is 4.69. The number of methoxy groups -OCH3 is 1. The fraction of sp³-hybridized carbons (Fsp3) is 0.333. The maximum Gasteiger partial charge on any atom is 0.350 e. The number of hydrogen-bond acceptors (Lipinski definition) is 8. The summed E-state index contributed by atoms with van der Waals surface area (Å²) in [4.78, 5) is 43.3. The van der Waals surface area contributed by atoms with Crippen LogP contribution in [-0.4, -0.2) is 52.5 Å². The van der Waals surface area contributed by atoms with Gasteiger partial charge in [-0.1, -0.05) is 29.8 Å². The van der Waals surface area contributed by atoms with Crippen LogP contribution < -0.4 is 5.73 Å². The topological polar surface area (TPSA) is 132 Å². The molecule has 1 aliphatic carbocycles. The van der Waals surface area contributed by atoms with Gasteiger partial charge in [0.2, 0.25) is 5.78 Å². The van der Waals surface area contributed by atoms with Gasteiger partial charge in [-0.2, -0.15) is 0 Å². The van der Waals surface area contributed by atoms with Crippen LogP contribution in [0.4, 0.5) is 5.82 Å². The number of Topliss-reactive ketones (excluding diaryl/α,β-unsaturated/α-hetero) is 2. The maximum atomic E-state index is 13.4. The van der Waals surface area contributed by atoms with Crippen LogP contribution in [-0.2, 0) is 20.7 Å². The molecule has 0 unspecified atom stereocenters. The number of aromatic nitrogens is 1. The second-order valence-corrected chi connectivity index (χ2v) is 8.11. The zero-order valence-corrected chi connectivity index (χ0v) is 17.9. The Bertz CT molecular complexity index is 1160. The number of aryl methyl sites for hydroxylation is 1. The molecule has 2 atom stereocenters. The molecule has 1 fully saturated rings. The van der Waals surface area contributed by atoms with E-state index in [9.17, 15) is 19.5 Å². The Balaban J connectivity index is 1.68. The first-order chi connectivity index (χ1) is 15.3. The molecule has 3 N–H and O–H groups in total. The van der Waals surface area contributed by atoms with E-state index < -0.39 is 28.7 Å². The SMILES string of the molecule is COC(=O)[C@]12O[C@@]1(C/C(CO)=C(\C)CCc1ccnc(N)c1)C(=O)c1ccccc1C2=O. The van der Waals surface area contributed by atoms with Gasteiger partial charge in [-0.3, -0.25) is 9.59 Å². The lowest BCUT2D eigenvalue weighted by molar-refractivity contribution is -0.145. The molecule has 2 aromatic rings. The van der Waals surface area contributed by atoms with Crippen molar-refractivity contribution in [3.8, 4) is 0 Å². The zero-order valence-electron chi connectivity index (χ0n) is 17.9. The summed E-state index contributed by atoms with van der Waals surface area (Å²) in [6.07, 6.45) is 2.77. The molecule has 32 heavy (non-hydrogen) atoms. The molecule has 0 radical (unpaired) electrons. The van der Waals surface area contributed by atoms with E-state index in [1.165, 1.54) is 6.07 Å². The molecule has 0 saturated carbocycles. The van der Waals surface area contributed by atoms with Crippen LogP contribution in [0.25, 0.3) is 0 Å². The van der Waals surface area contributed by atoms with E-state index in [0.29, 0.717) is 24.2 Å². The summed E-state index contributed by atoms with van der Waals surface area (Å²) in [6, 6.07) is 9.95. The third-order valence-electron chi connectivity index (χ3n) is 6.32. The van der Waals surface area contributed by atoms with E-state index in [1.54, 1.807) is 30.5 Å². The van der Waals surface area contributed by atoms with Crippen LogP contribution in [0.15, 0.2) is 53.7 Å². The van der Waals surface area contributed by atoms with Crippen molar-refractivity contribution < 1.29 is 29.0 Å². The number of allylic oxidation sites excluding steroid dienone is 1. The Morgan fingerprint density at radius 2 is 1.88 bits per heavy atom. The minimum atomic E-state index is -2.02. The largest absolute Gasteiger partial charge is 0.466 e. The van der Waals surface area contributed by atoms with E-state index in [-0.39, 0.29) is 24.2 Å². The van der Waals surface area contributed by atoms with Crippen molar-refractivity contribution in [3.05, 3.63) is 70.4 Å². The molecule has 1 saturated heterocycles. The monoisotopic (exact) mass is 436 g/mol. The Morgan fingerprint density at radius 3 is 2.50 bits per heavy atom. The third-order valence-corrected chi connectivity index (χ3v) is 6.32. The van der Waals surface area contributed by atoms with E-state index in [4.69, 9.17) is 15.2 Å². The summed E-state index contributed by atoms with van der Waals surface area (Å²) in [7, 11) is 1.15. The Morgan fingerprint density at radius 1 is 1.19 bits per heavy atom. The minimum Gasteiger partial charge on any atom is -0.466 e. The van der Waals surface area contributed by atoms with Gasteiger partial charge < -0.3 is 20.3 Å². The molecule has 4 rings (SSSR count). The average molecular weight is 436 g/mol. The van der Waals surface area contributed by atoms with Crippen LogP contribution in [0.1, 0.15) is 46.0 Å².